The Labute approximate surface area is 77.3 Å². The van der Waals surface area contributed by atoms with Crippen molar-refractivity contribution >= 4 is 6.09 Å². The minimum atomic E-state index is -0.916. The Kier molecular flexibility index (Phi) is 3.50. The average Bonchev–Trinajstić information content (AvgIpc) is 2.47. The van der Waals surface area contributed by atoms with Crippen LogP contribution in [0.15, 0.2) is 0 Å². The molecule has 1 aliphatic heterocycles. The molecule has 0 aromatic rings. The fourth-order valence-electron chi connectivity index (χ4n) is 1.47. The summed E-state index contributed by atoms with van der Waals surface area (Å²) < 4.78 is 0. The van der Waals surface area contributed by atoms with E-state index in [2.05, 4.69) is 5.32 Å². The van der Waals surface area contributed by atoms with Crippen molar-refractivity contribution in [3.05, 3.63) is 0 Å². The van der Waals surface area contributed by atoms with Crippen molar-refractivity contribution in [1.82, 2.24) is 10.2 Å². The van der Waals surface area contributed by atoms with Gasteiger partial charge in [0, 0.05) is 32.6 Å². The van der Waals surface area contributed by atoms with Crippen LogP contribution in [0.4, 0.5) is 4.79 Å². The van der Waals surface area contributed by atoms with Crippen molar-refractivity contribution in [2.24, 2.45) is 5.92 Å². The summed E-state index contributed by atoms with van der Waals surface area (Å²) in [6, 6.07) is 0. The summed E-state index contributed by atoms with van der Waals surface area (Å²) in [4.78, 5) is 11.7. The lowest BCUT2D eigenvalue weighted by Gasteiger charge is -2.17. The highest BCUT2D eigenvalue weighted by Crippen LogP contribution is 2.13. The first-order valence-corrected chi connectivity index (χ1v) is 4.44. The molecule has 5 nitrogen and oxygen atoms in total. The largest absolute Gasteiger partial charge is 0.465 e. The van der Waals surface area contributed by atoms with Gasteiger partial charge in [-0.25, -0.2) is 4.79 Å². The third-order valence-electron chi connectivity index (χ3n) is 2.47. The maximum Gasteiger partial charge on any atom is 0.407 e. The Morgan fingerprint density at radius 2 is 2.31 bits per heavy atom. The molecule has 0 aromatic carbocycles. The van der Waals surface area contributed by atoms with Crippen molar-refractivity contribution in [2.45, 2.75) is 12.5 Å². The molecule has 1 fully saturated rings. The molecule has 0 aliphatic carbocycles. The first-order chi connectivity index (χ1) is 6.11. The van der Waals surface area contributed by atoms with E-state index in [1.165, 1.54) is 11.9 Å². The molecule has 2 atom stereocenters. The van der Waals surface area contributed by atoms with E-state index in [1.54, 1.807) is 0 Å². The Bertz CT molecular complexity index is 186. The zero-order valence-electron chi connectivity index (χ0n) is 7.73. The van der Waals surface area contributed by atoms with Gasteiger partial charge in [0.2, 0.25) is 0 Å². The number of rotatable bonds is 3. The topological polar surface area (TPSA) is 72.8 Å². The van der Waals surface area contributed by atoms with Gasteiger partial charge in [0.25, 0.3) is 0 Å². The smallest absolute Gasteiger partial charge is 0.407 e. The number of aliphatic hydroxyl groups is 1. The van der Waals surface area contributed by atoms with Crippen LogP contribution in [0.5, 0.6) is 0 Å². The Hall–Kier alpha value is -0.810. The fourth-order valence-corrected chi connectivity index (χ4v) is 1.47. The van der Waals surface area contributed by atoms with E-state index in [4.69, 9.17) is 5.11 Å². The number of hydrogen-bond acceptors (Lipinski definition) is 3. The first-order valence-electron chi connectivity index (χ1n) is 4.44. The van der Waals surface area contributed by atoms with Crippen LogP contribution in [0, 0.1) is 5.92 Å². The molecule has 1 rings (SSSR count). The summed E-state index contributed by atoms with van der Waals surface area (Å²) in [7, 11) is 1.54. The highest BCUT2D eigenvalue weighted by molar-refractivity contribution is 5.64. The maximum atomic E-state index is 10.4. The molecule has 1 heterocycles. The fraction of sp³-hybridized carbons (Fsp3) is 0.875. The van der Waals surface area contributed by atoms with Crippen molar-refractivity contribution in [2.75, 3.05) is 26.7 Å². The first kappa shape index (κ1) is 10.3. The summed E-state index contributed by atoms with van der Waals surface area (Å²) in [6.07, 6.45) is -0.514. The predicted octanol–water partition coefficient (Wildman–Crippen LogP) is -0.433. The lowest BCUT2D eigenvalue weighted by Crippen LogP contribution is -2.29. The molecular formula is C8H16N2O3. The van der Waals surface area contributed by atoms with Gasteiger partial charge in [-0.15, -0.1) is 0 Å². The van der Waals surface area contributed by atoms with Crippen LogP contribution in [0.2, 0.25) is 0 Å². The van der Waals surface area contributed by atoms with Crippen LogP contribution in [0.3, 0.4) is 0 Å². The van der Waals surface area contributed by atoms with Gasteiger partial charge in [-0.3, -0.25) is 0 Å². The van der Waals surface area contributed by atoms with Crippen LogP contribution in [-0.4, -0.2) is 54.0 Å². The third kappa shape index (κ3) is 2.86. The minimum absolute atomic E-state index is 0.196. The second-order valence-corrected chi connectivity index (χ2v) is 3.48. The Morgan fingerprint density at radius 3 is 2.77 bits per heavy atom. The second-order valence-electron chi connectivity index (χ2n) is 3.48. The molecule has 2 unspecified atom stereocenters. The molecule has 1 amide bonds. The van der Waals surface area contributed by atoms with Gasteiger partial charge in [0.1, 0.15) is 0 Å². The van der Waals surface area contributed by atoms with Crippen LogP contribution in [0.25, 0.3) is 0 Å². The molecule has 76 valence electrons. The van der Waals surface area contributed by atoms with E-state index in [1.807, 2.05) is 0 Å². The number of aliphatic hydroxyl groups excluding tert-OH is 1. The number of nitrogens with one attached hydrogen (secondary N) is 1. The number of carbonyl (C=O) groups is 1. The number of nitrogens with zero attached hydrogens (tertiary/aromatic N) is 1. The quantitative estimate of drug-likeness (QED) is 0.561. The van der Waals surface area contributed by atoms with Gasteiger partial charge in [-0.05, 0) is 6.42 Å². The van der Waals surface area contributed by atoms with Crippen LogP contribution in [0.1, 0.15) is 6.42 Å². The lowest BCUT2D eigenvalue weighted by molar-refractivity contribution is 0.126. The molecule has 0 radical (unpaired) electrons. The predicted molar refractivity (Wildman–Crippen MR) is 47.6 cm³/mol. The summed E-state index contributed by atoms with van der Waals surface area (Å²) in [5, 5.41) is 21.0. The van der Waals surface area contributed by atoms with Crippen molar-refractivity contribution in [3.63, 3.8) is 0 Å². The van der Waals surface area contributed by atoms with Gasteiger partial charge in [0.15, 0.2) is 0 Å². The second kappa shape index (κ2) is 4.43. The van der Waals surface area contributed by atoms with Gasteiger partial charge in [-0.1, -0.05) is 0 Å². The molecule has 5 heteroatoms. The van der Waals surface area contributed by atoms with E-state index in [0.29, 0.717) is 13.1 Å². The molecule has 1 aliphatic rings. The minimum Gasteiger partial charge on any atom is -0.465 e. The summed E-state index contributed by atoms with van der Waals surface area (Å²) in [5.74, 6) is 0.196. The average molecular weight is 188 g/mol. The number of carboxylic acid groups (broad SMARTS) is 1. The zero-order chi connectivity index (χ0) is 9.84. The van der Waals surface area contributed by atoms with Crippen molar-refractivity contribution < 1.29 is 15.0 Å². The van der Waals surface area contributed by atoms with Gasteiger partial charge in [-0.2, -0.15) is 0 Å². The zero-order valence-corrected chi connectivity index (χ0v) is 7.73. The summed E-state index contributed by atoms with van der Waals surface area (Å²) in [6.45, 7) is 1.90. The molecule has 1 saturated heterocycles. The van der Waals surface area contributed by atoms with E-state index in [-0.39, 0.29) is 12.0 Å². The highest BCUT2D eigenvalue weighted by atomic mass is 16.4. The van der Waals surface area contributed by atoms with Crippen LogP contribution >= 0.6 is 0 Å². The molecule has 13 heavy (non-hydrogen) atoms. The standard InChI is InChI=1S/C8H16N2O3/c1-10(8(12)13)3-2-6-4-9-5-7(6)11/h6-7,9,11H,2-5H2,1H3,(H,12,13). The van der Waals surface area contributed by atoms with E-state index >= 15 is 0 Å². The third-order valence-corrected chi connectivity index (χ3v) is 2.47. The molecular weight excluding hydrogens is 172 g/mol. The van der Waals surface area contributed by atoms with E-state index in [9.17, 15) is 9.90 Å². The normalized spacial score (nSPS) is 27.5. The molecule has 0 saturated carbocycles. The maximum absolute atomic E-state index is 10.4. The van der Waals surface area contributed by atoms with Crippen LogP contribution < -0.4 is 5.32 Å². The Balaban J connectivity index is 2.22. The van der Waals surface area contributed by atoms with Crippen molar-refractivity contribution in [3.8, 4) is 0 Å². The molecule has 0 bridgehead atoms. The molecule has 0 spiro atoms. The van der Waals surface area contributed by atoms with Gasteiger partial charge in [0.05, 0.1) is 6.10 Å². The number of hydrogen-bond donors (Lipinski definition) is 3. The summed E-state index contributed by atoms with van der Waals surface area (Å²) in [5.41, 5.74) is 0. The van der Waals surface area contributed by atoms with Crippen molar-refractivity contribution in [1.29, 1.82) is 0 Å². The number of amides is 1. The Morgan fingerprint density at radius 1 is 1.62 bits per heavy atom. The SMILES string of the molecule is CN(CCC1CNCC1O)C(=O)O. The van der Waals surface area contributed by atoms with E-state index < -0.39 is 6.09 Å². The van der Waals surface area contributed by atoms with Gasteiger partial charge >= 0.3 is 6.09 Å². The highest BCUT2D eigenvalue weighted by Gasteiger charge is 2.24. The number of β-amino-alcohol motifs (C(OH)–C–C–N with tert-alkyl or cyclic N) is 1. The lowest BCUT2D eigenvalue weighted by atomic mass is 10.0. The molecule has 3 N–H and O–H groups in total. The molecule has 0 aromatic heterocycles. The van der Waals surface area contributed by atoms with Gasteiger partial charge < -0.3 is 20.4 Å². The summed E-state index contributed by atoms with van der Waals surface area (Å²) >= 11 is 0. The van der Waals surface area contributed by atoms with Crippen LogP contribution in [-0.2, 0) is 0 Å². The van der Waals surface area contributed by atoms with E-state index in [0.717, 1.165) is 13.0 Å². The monoisotopic (exact) mass is 188 g/mol.